The van der Waals surface area contributed by atoms with Gasteiger partial charge in [-0.3, -0.25) is 5.41 Å². The Morgan fingerprint density at radius 3 is 2.38 bits per heavy atom. The number of imidazole rings is 1. The van der Waals surface area contributed by atoms with Crippen LogP contribution >= 0.6 is 0 Å². The SMILES string of the molecule is COc1cc2c(NCc3ccccc3)nc(-n3c(=N)[nH]c4ccccc43)nc2c(OC)c1OC. The second-order valence-electron chi connectivity index (χ2n) is 7.58. The van der Waals surface area contributed by atoms with Crippen LogP contribution in [-0.4, -0.2) is 40.8 Å². The third-order valence-electron chi connectivity index (χ3n) is 5.61. The molecule has 3 N–H and O–H groups in total. The second kappa shape index (κ2) is 8.78. The summed E-state index contributed by atoms with van der Waals surface area (Å²) in [5.41, 5.74) is 3.41. The van der Waals surface area contributed by atoms with E-state index in [4.69, 9.17) is 29.6 Å². The summed E-state index contributed by atoms with van der Waals surface area (Å²) in [6.45, 7) is 0.551. The summed E-state index contributed by atoms with van der Waals surface area (Å²) in [6, 6.07) is 19.5. The van der Waals surface area contributed by atoms with Gasteiger partial charge in [0.25, 0.3) is 0 Å². The molecule has 0 aliphatic carbocycles. The fraction of sp³-hybridized carbons (Fsp3) is 0.160. The zero-order chi connectivity index (χ0) is 23.7. The highest BCUT2D eigenvalue weighted by Crippen LogP contribution is 2.44. The summed E-state index contributed by atoms with van der Waals surface area (Å²) in [4.78, 5) is 12.7. The molecular weight excluding hydrogens is 432 g/mol. The third-order valence-corrected chi connectivity index (χ3v) is 5.61. The van der Waals surface area contributed by atoms with Gasteiger partial charge in [0.2, 0.25) is 17.3 Å². The van der Waals surface area contributed by atoms with Crippen molar-refractivity contribution in [2.45, 2.75) is 6.54 Å². The fourth-order valence-electron chi connectivity index (χ4n) is 4.02. The summed E-state index contributed by atoms with van der Waals surface area (Å²) in [5.74, 6) is 2.28. The normalized spacial score (nSPS) is 11.0. The molecular formula is C25H24N6O3. The van der Waals surface area contributed by atoms with Gasteiger partial charge in [0, 0.05) is 6.54 Å². The molecule has 0 saturated heterocycles. The number of fused-ring (bicyclic) bond motifs is 2. The summed E-state index contributed by atoms with van der Waals surface area (Å²) in [7, 11) is 4.69. The summed E-state index contributed by atoms with van der Waals surface area (Å²) >= 11 is 0. The van der Waals surface area contributed by atoms with Crippen molar-refractivity contribution in [1.29, 1.82) is 5.41 Å². The van der Waals surface area contributed by atoms with E-state index >= 15 is 0 Å². The number of hydrogen-bond donors (Lipinski definition) is 3. The number of nitrogens with one attached hydrogen (secondary N) is 3. The standard InChI is InChI=1S/C25H24N6O3/c1-32-19-13-16-20(22(34-3)21(19)33-2)29-25(30-23(16)27-14-15-9-5-4-6-10-15)31-18-12-8-7-11-17(18)28-24(31)26/h4-13H,14H2,1-3H3,(H2,26,28)(H,27,29,30). The molecule has 0 bridgehead atoms. The van der Waals surface area contributed by atoms with Gasteiger partial charge in [-0.25, -0.2) is 9.55 Å². The van der Waals surface area contributed by atoms with Crippen molar-refractivity contribution in [2.24, 2.45) is 0 Å². The van der Waals surface area contributed by atoms with Crippen LogP contribution < -0.4 is 25.1 Å². The van der Waals surface area contributed by atoms with Crippen LogP contribution in [0.2, 0.25) is 0 Å². The fourth-order valence-corrected chi connectivity index (χ4v) is 4.02. The minimum atomic E-state index is 0.161. The maximum Gasteiger partial charge on any atom is 0.239 e. The van der Waals surface area contributed by atoms with Gasteiger partial charge in [-0.1, -0.05) is 42.5 Å². The lowest BCUT2D eigenvalue weighted by Crippen LogP contribution is -2.18. The highest BCUT2D eigenvalue weighted by atomic mass is 16.5. The number of rotatable bonds is 7. The average molecular weight is 457 g/mol. The van der Waals surface area contributed by atoms with Crippen LogP contribution in [0.3, 0.4) is 0 Å². The molecule has 0 fully saturated rings. The number of hydrogen-bond acceptors (Lipinski definition) is 7. The number of ether oxygens (including phenoxy) is 3. The molecule has 3 aromatic carbocycles. The van der Waals surface area contributed by atoms with E-state index in [1.165, 1.54) is 0 Å². The average Bonchev–Trinajstić information content (AvgIpc) is 3.22. The van der Waals surface area contributed by atoms with Crippen molar-refractivity contribution in [2.75, 3.05) is 26.6 Å². The van der Waals surface area contributed by atoms with E-state index in [9.17, 15) is 0 Å². The number of methoxy groups -OCH3 is 3. The maximum atomic E-state index is 8.52. The van der Waals surface area contributed by atoms with E-state index < -0.39 is 0 Å². The topological polar surface area (TPSA) is 110 Å². The smallest absolute Gasteiger partial charge is 0.239 e. The number of nitrogens with zero attached hydrogens (tertiary/aromatic N) is 3. The monoisotopic (exact) mass is 456 g/mol. The van der Waals surface area contributed by atoms with Gasteiger partial charge in [-0.05, 0) is 23.8 Å². The minimum Gasteiger partial charge on any atom is -0.493 e. The third kappa shape index (κ3) is 3.57. The van der Waals surface area contributed by atoms with Gasteiger partial charge >= 0.3 is 0 Å². The largest absolute Gasteiger partial charge is 0.493 e. The van der Waals surface area contributed by atoms with E-state index in [0.29, 0.717) is 46.5 Å². The van der Waals surface area contributed by atoms with Crippen molar-refractivity contribution in [3.63, 3.8) is 0 Å². The number of aromatic nitrogens is 4. The first-order valence-corrected chi connectivity index (χ1v) is 10.7. The van der Waals surface area contributed by atoms with Crippen LogP contribution in [0.25, 0.3) is 27.9 Å². The Hall–Kier alpha value is -4.53. The van der Waals surface area contributed by atoms with Gasteiger partial charge < -0.3 is 24.5 Å². The molecule has 9 nitrogen and oxygen atoms in total. The first-order valence-electron chi connectivity index (χ1n) is 10.7. The Bertz CT molecular complexity index is 1540. The number of H-pyrrole nitrogens is 1. The highest BCUT2D eigenvalue weighted by Gasteiger charge is 2.22. The number of anilines is 1. The molecule has 0 amide bonds. The highest BCUT2D eigenvalue weighted by molar-refractivity contribution is 5.97. The van der Waals surface area contributed by atoms with Crippen molar-refractivity contribution in [3.05, 3.63) is 71.8 Å². The first kappa shape index (κ1) is 21.3. The van der Waals surface area contributed by atoms with E-state index in [1.807, 2.05) is 60.7 Å². The van der Waals surface area contributed by atoms with Crippen LogP contribution in [0.15, 0.2) is 60.7 Å². The van der Waals surface area contributed by atoms with Crippen LogP contribution in [0.5, 0.6) is 17.2 Å². The Morgan fingerprint density at radius 1 is 0.912 bits per heavy atom. The molecule has 2 heterocycles. The van der Waals surface area contributed by atoms with Crippen molar-refractivity contribution < 1.29 is 14.2 Å². The van der Waals surface area contributed by atoms with E-state index in [2.05, 4.69) is 10.3 Å². The number of benzene rings is 3. The molecule has 5 aromatic rings. The Morgan fingerprint density at radius 2 is 1.65 bits per heavy atom. The van der Waals surface area contributed by atoms with Crippen LogP contribution in [-0.2, 0) is 6.54 Å². The zero-order valence-corrected chi connectivity index (χ0v) is 19.0. The van der Waals surface area contributed by atoms with Gasteiger partial charge in [-0.2, -0.15) is 4.98 Å². The molecule has 172 valence electrons. The maximum absolute atomic E-state index is 8.52. The first-order chi connectivity index (χ1) is 16.6. The molecule has 34 heavy (non-hydrogen) atoms. The minimum absolute atomic E-state index is 0.161. The van der Waals surface area contributed by atoms with Gasteiger partial charge in [-0.15, -0.1) is 0 Å². The van der Waals surface area contributed by atoms with Crippen LogP contribution in [0, 0.1) is 5.41 Å². The Labute approximate surface area is 195 Å². The van der Waals surface area contributed by atoms with E-state index in [0.717, 1.165) is 16.6 Å². The summed E-state index contributed by atoms with van der Waals surface area (Å²) in [5, 5.41) is 12.7. The summed E-state index contributed by atoms with van der Waals surface area (Å²) < 4.78 is 18.5. The lowest BCUT2D eigenvalue weighted by molar-refractivity contribution is 0.327. The molecule has 5 rings (SSSR count). The molecule has 2 aromatic heterocycles. The molecule has 0 aliphatic rings. The van der Waals surface area contributed by atoms with Crippen molar-refractivity contribution >= 4 is 27.8 Å². The molecule has 9 heteroatoms. The molecule has 0 spiro atoms. The predicted octanol–water partition coefficient (Wildman–Crippen LogP) is 4.02. The quantitative estimate of drug-likeness (QED) is 0.341. The van der Waals surface area contributed by atoms with E-state index in [-0.39, 0.29) is 5.62 Å². The van der Waals surface area contributed by atoms with Gasteiger partial charge in [0.05, 0.1) is 37.7 Å². The van der Waals surface area contributed by atoms with Crippen LogP contribution in [0.4, 0.5) is 5.82 Å². The van der Waals surface area contributed by atoms with Crippen molar-refractivity contribution in [3.8, 4) is 23.2 Å². The lowest BCUT2D eigenvalue weighted by Gasteiger charge is -2.17. The van der Waals surface area contributed by atoms with Gasteiger partial charge in [0.15, 0.2) is 11.5 Å². The van der Waals surface area contributed by atoms with Crippen LogP contribution in [0.1, 0.15) is 5.56 Å². The Balaban J connectivity index is 1.78. The molecule has 0 saturated carbocycles. The zero-order valence-electron chi connectivity index (χ0n) is 19.0. The second-order valence-corrected chi connectivity index (χ2v) is 7.58. The van der Waals surface area contributed by atoms with E-state index in [1.54, 1.807) is 25.9 Å². The van der Waals surface area contributed by atoms with Gasteiger partial charge in [0.1, 0.15) is 11.3 Å². The molecule has 0 radical (unpaired) electrons. The number of aromatic amines is 1. The summed E-state index contributed by atoms with van der Waals surface area (Å²) in [6.07, 6.45) is 0. The Kier molecular flexibility index (Phi) is 5.51. The molecule has 0 aliphatic heterocycles. The van der Waals surface area contributed by atoms with Crippen molar-refractivity contribution in [1.82, 2.24) is 19.5 Å². The number of para-hydroxylation sites is 2. The lowest BCUT2D eigenvalue weighted by atomic mass is 10.1. The predicted molar refractivity (Wildman–Crippen MR) is 130 cm³/mol. The molecule has 0 unspecified atom stereocenters. The molecule has 0 atom stereocenters.